The SMILES string of the molecule is CS(=O)(=O)Nc1ccc(-c2csc(NC(=O)C3CC(O)CN3)n2)cc1.Cl. The first kappa shape index (κ1) is 20.6. The first-order valence-corrected chi connectivity index (χ1v) is 10.3. The zero-order valence-electron chi connectivity index (χ0n) is 13.8. The lowest BCUT2D eigenvalue weighted by atomic mass is 10.1. The standard InChI is InChI=1S/C15H18N4O4S2.ClH/c1-25(22,23)19-10-4-2-9(3-5-10)13-8-24-15(17-13)18-14(21)12-6-11(20)7-16-12;/h2-5,8,11-12,16,19-20H,6-7H2,1H3,(H,17,18,21);1H. The van der Waals surface area contributed by atoms with Crippen molar-refractivity contribution in [1.82, 2.24) is 10.3 Å². The van der Waals surface area contributed by atoms with Gasteiger partial charge < -0.3 is 15.7 Å². The lowest BCUT2D eigenvalue weighted by molar-refractivity contribution is -0.117. The largest absolute Gasteiger partial charge is 0.392 e. The van der Waals surface area contributed by atoms with E-state index in [0.717, 1.165) is 11.8 Å². The molecule has 1 aliphatic rings. The number of sulfonamides is 1. The minimum Gasteiger partial charge on any atom is -0.392 e. The van der Waals surface area contributed by atoms with Gasteiger partial charge in [0, 0.05) is 23.2 Å². The Bertz CT molecular complexity index is 870. The maximum Gasteiger partial charge on any atom is 0.243 e. The van der Waals surface area contributed by atoms with E-state index in [0.29, 0.717) is 29.5 Å². The van der Waals surface area contributed by atoms with Crippen LogP contribution in [0.3, 0.4) is 0 Å². The molecule has 1 amide bonds. The Morgan fingerprint density at radius 2 is 2.04 bits per heavy atom. The first-order chi connectivity index (χ1) is 11.8. The van der Waals surface area contributed by atoms with Crippen LogP contribution in [0.25, 0.3) is 11.3 Å². The third-order valence-corrected chi connectivity index (χ3v) is 5.01. The number of amides is 1. The van der Waals surface area contributed by atoms with Gasteiger partial charge in [0.05, 0.1) is 24.1 Å². The summed E-state index contributed by atoms with van der Waals surface area (Å²) in [5.74, 6) is -0.217. The van der Waals surface area contributed by atoms with Gasteiger partial charge in [0.25, 0.3) is 0 Å². The maximum atomic E-state index is 12.1. The van der Waals surface area contributed by atoms with Crippen LogP contribution in [0.15, 0.2) is 29.6 Å². The van der Waals surface area contributed by atoms with Crippen LogP contribution >= 0.6 is 23.7 Å². The average molecular weight is 419 g/mol. The predicted octanol–water partition coefficient (Wildman–Crippen LogP) is 1.26. The number of carbonyl (C=O) groups is 1. The molecule has 1 aromatic carbocycles. The summed E-state index contributed by atoms with van der Waals surface area (Å²) in [7, 11) is -3.31. The van der Waals surface area contributed by atoms with Crippen LogP contribution in [0.4, 0.5) is 10.8 Å². The lowest BCUT2D eigenvalue weighted by Gasteiger charge is -2.08. The summed E-state index contributed by atoms with van der Waals surface area (Å²) in [6, 6.07) is 6.39. The Morgan fingerprint density at radius 1 is 1.35 bits per heavy atom. The number of hydrogen-bond donors (Lipinski definition) is 4. The smallest absolute Gasteiger partial charge is 0.243 e. The number of rotatable bonds is 5. The molecular weight excluding hydrogens is 400 g/mol. The first-order valence-electron chi connectivity index (χ1n) is 7.56. The van der Waals surface area contributed by atoms with Gasteiger partial charge in [-0.15, -0.1) is 23.7 Å². The van der Waals surface area contributed by atoms with E-state index in [1.54, 1.807) is 24.3 Å². The Kier molecular flexibility index (Phi) is 6.58. The molecule has 1 aliphatic heterocycles. The molecule has 0 radical (unpaired) electrons. The van der Waals surface area contributed by atoms with E-state index < -0.39 is 22.2 Å². The fourth-order valence-electron chi connectivity index (χ4n) is 2.50. The molecule has 26 heavy (non-hydrogen) atoms. The highest BCUT2D eigenvalue weighted by molar-refractivity contribution is 7.92. The third kappa shape index (κ3) is 5.39. The molecular formula is C15H19ClN4O4S2. The van der Waals surface area contributed by atoms with Gasteiger partial charge in [-0.2, -0.15) is 0 Å². The monoisotopic (exact) mass is 418 g/mol. The van der Waals surface area contributed by atoms with E-state index in [1.165, 1.54) is 11.3 Å². The molecule has 8 nitrogen and oxygen atoms in total. The quantitative estimate of drug-likeness (QED) is 0.580. The molecule has 1 aromatic heterocycles. The van der Waals surface area contributed by atoms with Crippen molar-refractivity contribution in [3.05, 3.63) is 29.6 Å². The normalized spacial score (nSPS) is 19.6. The highest BCUT2D eigenvalue weighted by atomic mass is 35.5. The van der Waals surface area contributed by atoms with Crippen LogP contribution in [0.5, 0.6) is 0 Å². The number of nitrogens with zero attached hydrogens (tertiary/aromatic N) is 1. The van der Waals surface area contributed by atoms with Crippen LogP contribution in [-0.4, -0.2) is 49.4 Å². The van der Waals surface area contributed by atoms with Crippen molar-refractivity contribution in [2.75, 3.05) is 22.8 Å². The molecule has 1 saturated heterocycles. The molecule has 0 spiro atoms. The van der Waals surface area contributed by atoms with Gasteiger partial charge in [-0.3, -0.25) is 9.52 Å². The molecule has 11 heteroatoms. The molecule has 1 fully saturated rings. The number of benzene rings is 1. The number of thiazole rings is 1. The van der Waals surface area contributed by atoms with Gasteiger partial charge in [0.2, 0.25) is 15.9 Å². The van der Waals surface area contributed by atoms with Crippen LogP contribution in [-0.2, 0) is 14.8 Å². The Morgan fingerprint density at radius 3 is 2.62 bits per heavy atom. The van der Waals surface area contributed by atoms with E-state index in [1.807, 2.05) is 5.38 Å². The second-order valence-electron chi connectivity index (χ2n) is 5.83. The number of aromatic nitrogens is 1. The molecule has 3 rings (SSSR count). The molecule has 142 valence electrons. The molecule has 0 aliphatic carbocycles. The number of aliphatic hydroxyl groups is 1. The van der Waals surface area contributed by atoms with Crippen LogP contribution in [0, 0.1) is 0 Å². The Labute approximate surface area is 161 Å². The number of β-amino-alcohol motifs (C(OH)–C–C–N with tert-alkyl or cyclic N) is 1. The Balaban J connectivity index is 0.00000243. The number of hydrogen-bond acceptors (Lipinski definition) is 7. The second kappa shape index (κ2) is 8.31. The van der Waals surface area contributed by atoms with Gasteiger partial charge in [-0.1, -0.05) is 12.1 Å². The molecule has 2 heterocycles. The van der Waals surface area contributed by atoms with Crippen LogP contribution in [0.1, 0.15) is 6.42 Å². The minimum absolute atomic E-state index is 0. The minimum atomic E-state index is -3.31. The number of nitrogens with one attached hydrogen (secondary N) is 3. The van der Waals surface area contributed by atoms with Crippen LogP contribution < -0.4 is 15.4 Å². The summed E-state index contributed by atoms with van der Waals surface area (Å²) < 4.78 is 24.8. The van der Waals surface area contributed by atoms with Gasteiger partial charge >= 0.3 is 0 Å². The molecule has 2 aromatic rings. The van der Waals surface area contributed by atoms with Crippen molar-refractivity contribution >= 4 is 50.5 Å². The van der Waals surface area contributed by atoms with Crippen molar-refractivity contribution in [3.8, 4) is 11.3 Å². The van der Waals surface area contributed by atoms with E-state index >= 15 is 0 Å². The zero-order valence-corrected chi connectivity index (χ0v) is 16.2. The number of anilines is 2. The lowest BCUT2D eigenvalue weighted by Crippen LogP contribution is -2.35. The highest BCUT2D eigenvalue weighted by Gasteiger charge is 2.28. The summed E-state index contributed by atoms with van der Waals surface area (Å²) in [5.41, 5.74) is 1.97. The second-order valence-corrected chi connectivity index (χ2v) is 8.44. The summed E-state index contributed by atoms with van der Waals surface area (Å²) in [4.78, 5) is 16.5. The summed E-state index contributed by atoms with van der Waals surface area (Å²) in [5, 5.41) is 17.4. The highest BCUT2D eigenvalue weighted by Crippen LogP contribution is 2.26. The van der Waals surface area contributed by atoms with Crippen LogP contribution in [0.2, 0.25) is 0 Å². The molecule has 4 N–H and O–H groups in total. The number of halogens is 1. The van der Waals surface area contributed by atoms with Crippen molar-refractivity contribution < 1.29 is 18.3 Å². The summed E-state index contributed by atoms with van der Waals surface area (Å²) in [6.45, 7) is 0.412. The van der Waals surface area contributed by atoms with Crippen molar-refractivity contribution in [2.24, 2.45) is 0 Å². The average Bonchev–Trinajstić information content (AvgIpc) is 3.16. The summed E-state index contributed by atoms with van der Waals surface area (Å²) in [6.07, 6.45) is 0.981. The van der Waals surface area contributed by atoms with E-state index in [9.17, 15) is 18.3 Å². The predicted molar refractivity (Wildman–Crippen MR) is 104 cm³/mol. The maximum absolute atomic E-state index is 12.1. The fraction of sp³-hybridized carbons (Fsp3) is 0.333. The summed E-state index contributed by atoms with van der Waals surface area (Å²) >= 11 is 1.30. The number of carbonyl (C=O) groups excluding carboxylic acids is 1. The Hall–Kier alpha value is -1.72. The third-order valence-electron chi connectivity index (χ3n) is 3.64. The van der Waals surface area contributed by atoms with E-state index in [4.69, 9.17) is 0 Å². The van der Waals surface area contributed by atoms with Crippen molar-refractivity contribution in [2.45, 2.75) is 18.6 Å². The van der Waals surface area contributed by atoms with Gasteiger partial charge in [-0.05, 0) is 18.6 Å². The number of aliphatic hydroxyl groups excluding tert-OH is 1. The fourth-order valence-corrected chi connectivity index (χ4v) is 3.78. The van der Waals surface area contributed by atoms with E-state index in [2.05, 4.69) is 20.3 Å². The van der Waals surface area contributed by atoms with Gasteiger partial charge in [0.15, 0.2) is 5.13 Å². The van der Waals surface area contributed by atoms with E-state index in [-0.39, 0.29) is 18.3 Å². The van der Waals surface area contributed by atoms with Gasteiger partial charge in [-0.25, -0.2) is 13.4 Å². The zero-order chi connectivity index (χ0) is 18.0. The van der Waals surface area contributed by atoms with Gasteiger partial charge in [0.1, 0.15) is 0 Å². The molecule has 0 saturated carbocycles. The molecule has 2 atom stereocenters. The molecule has 0 bridgehead atoms. The topological polar surface area (TPSA) is 120 Å². The van der Waals surface area contributed by atoms with Crippen molar-refractivity contribution in [3.63, 3.8) is 0 Å². The molecule has 2 unspecified atom stereocenters. The van der Waals surface area contributed by atoms with Crippen molar-refractivity contribution in [1.29, 1.82) is 0 Å².